The van der Waals surface area contributed by atoms with Gasteiger partial charge in [-0.05, 0) is 17.6 Å². The third-order valence-electron chi connectivity index (χ3n) is 1.17. The van der Waals surface area contributed by atoms with E-state index < -0.39 is 7.12 Å². The van der Waals surface area contributed by atoms with Crippen LogP contribution in [0.25, 0.3) is 0 Å². The fourth-order valence-corrected chi connectivity index (χ4v) is 0.761. The van der Waals surface area contributed by atoms with Gasteiger partial charge in [0.25, 0.3) is 0 Å². The van der Waals surface area contributed by atoms with Gasteiger partial charge in [-0.25, -0.2) is 0 Å². The van der Waals surface area contributed by atoms with E-state index in [-0.39, 0.29) is 31.0 Å². The zero-order valence-electron chi connectivity index (χ0n) is 7.16. The van der Waals surface area contributed by atoms with Crippen molar-refractivity contribution in [1.29, 1.82) is 0 Å². The van der Waals surface area contributed by atoms with Crippen molar-refractivity contribution in [3.05, 3.63) is 29.3 Å². The van der Waals surface area contributed by atoms with Crippen LogP contribution in [-0.4, -0.2) is 17.2 Å². The minimum atomic E-state index is -1.41. The number of rotatable bonds is 1. The van der Waals surface area contributed by atoms with Gasteiger partial charge < -0.3 is 11.5 Å². The Morgan fingerprint density at radius 2 is 1.64 bits per heavy atom. The molecule has 2 nitrogen and oxygen atoms in total. The molecule has 0 aliphatic rings. The molecule has 0 fully saturated rings. The van der Waals surface area contributed by atoms with Crippen LogP contribution in [0.2, 0.25) is 5.02 Å². The zero-order chi connectivity index (χ0) is 7.56. The van der Waals surface area contributed by atoms with Gasteiger partial charge in [0.1, 0.15) is 0 Å². The van der Waals surface area contributed by atoms with Gasteiger partial charge in [-0.2, -0.15) is 0 Å². The normalized spacial score (nSPS) is 8.64. The predicted octanol–water partition coefficient (Wildman–Crippen LogP) is -2.86. The Kier molecular flexibility index (Phi) is 5.43. The first kappa shape index (κ1) is 11.5. The van der Waals surface area contributed by atoms with Crippen LogP contribution >= 0.6 is 11.6 Å². The summed E-state index contributed by atoms with van der Waals surface area (Å²) in [5, 5.41) is 17.8. The third-order valence-corrected chi connectivity index (χ3v) is 1.42. The first-order valence-electron chi connectivity index (χ1n) is 2.82. The van der Waals surface area contributed by atoms with Crippen LogP contribution in [0.3, 0.4) is 0 Å². The second-order valence-electron chi connectivity index (χ2n) is 1.93. The van der Waals surface area contributed by atoms with Gasteiger partial charge in [-0.3, -0.25) is 0 Å². The monoisotopic (exact) mass is 180 g/mol. The topological polar surface area (TPSA) is 40.5 Å². The van der Waals surface area contributed by atoms with Crippen molar-refractivity contribution in [2.45, 2.75) is 0 Å². The van der Waals surface area contributed by atoms with E-state index in [1.807, 2.05) is 0 Å². The van der Waals surface area contributed by atoms with Crippen LogP contribution in [0.5, 0.6) is 0 Å². The maximum Gasteiger partial charge on any atom is 1.00 e. The Morgan fingerprint density at radius 3 is 2.00 bits per heavy atom. The second-order valence-corrected chi connectivity index (χ2v) is 2.36. The van der Waals surface area contributed by atoms with E-state index in [1.54, 1.807) is 24.3 Å². The number of halogens is 1. The summed E-state index contributed by atoms with van der Waals surface area (Å²) in [4.78, 5) is 0. The SMILES string of the molecule is OB(O)c1ccc(Cl)cc1.[H-].[Na+]. The van der Waals surface area contributed by atoms with E-state index in [1.165, 1.54) is 0 Å². The molecule has 1 aromatic carbocycles. The van der Waals surface area contributed by atoms with Gasteiger partial charge in [-0.15, -0.1) is 0 Å². The Labute approximate surface area is 94.1 Å². The van der Waals surface area contributed by atoms with Crippen LogP contribution in [0.4, 0.5) is 0 Å². The molecule has 0 radical (unpaired) electrons. The summed E-state index contributed by atoms with van der Waals surface area (Å²) in [6.45, 7) is 0. The van der Waals surface area contributed by atoms with Crippen LogP contribution in [0.1, 0.15) is 1.43 Å². The van der Waals surface area contributed by atoms with Crippen LogP contribution in [0.15, 0.2) is 24.3 Å². The molecular formula is C6H7BClNaO2. The van der Waals surface area contributed by atoms with Gasteiger partial charge >= 0.3 is 36.7 Å². The molecule has 1 aromatic rings. The van der Waals surface area contributed by atoms with E-state index in [9.17, 15) is 0 Å². The second kappa shape index (κ2) is 5.20. The summed E-state index contributed by atoms with van der Waals surface area (Å²) in [7, 11) is -1.41. The van der Waals surface area contributed by atoms with Crippen molar-refractivity contribution < 1.29 is 41.0 Å². The number of hydrogen-bond donors (Lipinski definition) is 2. The first-order valence-corrected chi connectivity index (χ1v) is 3.19. The van der Waals surface area contributed by atoms with Crippen LogP contribution in [0, 0.1) is 0 Å². The summed E-state index contributed by atoms with van der Waals surface area (Å²) < 4.78 is 0. The Morgan fingerprint density at radius 1 is 1.18 bits per heavy atom. The minimum Gasteiger partial charge on any atom is -1.00 e. The molecule has 1 rings (SSSR count). The molecule has 0 aliphatic carbocycles. The summed E-state index contributed by atoms with van der Waals surface area (Å²) in [6, 6.07) is 6.34. The molecule has 0 aromatic heterocycles. The quantitative estimate of drug-likeness (QED) is 0.456. The minimum absolute atomic E-state index is 0. The average Bonchev–Trinajstić information content (AvgIpc) is 1.88. The van der Waals surface area contributed by atoms with Gasteiger partial charge in [0.05, 0.1) is 0 Å². The average molecular weight is 180 g/mol. The van der Waals surface area contributed by atoms with Crippen LogP contribution < -0.4 is 35.0 Å². The third kappa shape index (κ3) is 3.60. The Balaban J connectivity index is 0. The Hall–Kier alpha value is 0.495. The van der Waals surface area contributed by atoms with Crippen molar-refractivity contribution in [2.24, 2.45) is 0 Å². The molecule has 0 amide bonds. The van der Waals surface area contributed by atoms with E-state index in [2.05, 4.69) is 0 Å². The Bertz CT molecular complexity index is 219. The maximum absolute atomic E-state index is 8.63. The summed E-state index contributed by atoms with van der Waals surface area (Å²) in [5.74, 6) is 0. The fraction of sp³-hybridized carbons (Fsp3) is 0. The first-order chi connectivity index (χ1) is 4.70. The van der Waals surface area contributed by atoms with Gasteiger partial charge in [-0.1, -0.05) is 23.7 Å². The van der Waals surface area contributed by atoms with E-state index in [4.69, 9.17) is 21.6 Å². The molecule has 2 N–H and O–H groups in total. The molecule has 5 heteroatoms. The number of hydrogen-bond acceptors (Lipinski definition) is 2. The van der Waals surface area contributed by atoms with Crippen molar-refractivity contribution >= 4 is 24.2 Å². The molecule has 54 valence electrons. The molecule has 0 spiro atoms. The molecule has 0 aliphatic heterocycles. The zero-order valence-corrected chi connectivity index (χ0v) is 8.92. The van der Waals surface area contributed by atoms with Gasteiger partial charge in [0.15, 0.2) is 0 Å². The van der Waals surface area contributed by atoms with Crippen molar-refractivity contribution in [1.82, 2.24) is 0 Å². The molecule has 0 saturated carbocycles. The van der Waals surface area contributed by atoms with Gasteiger partial charge in [0, 0.05) is 5.02 Å². The van der Waals surface area contributed by atoms with Crippen molar-refractivity contribution in [3.63, 3.8) is 0 Å². The molecule has 0 unspecified atom stereocenters. The van der Waals surface area contributed by atoms with E-state index >= 15 is 0 Å². The van der Waals surface area contributed by atoms with Gasteiger partial charge in [0.2, 0.25) is 0 Å². The largest absolute Gasteiger partial charge is 1.00 e. The number of benzene rings is 1. The van der Waals surface area contributed by atoms with Crippen molar-refractivity contribution in [2.75, 3.05) is 0 Å². The molecule has 11 heavy (non-hydrogen) atoms. The van der Waals surface area contributed by atoms with Crippen molar-refractivity contribution in [3.8, 4) is 0 Å². The maximum atomic E-state index is 8.63. The molecule has 0 atom stereocenters. The van der Waals surface area contributed by atoms with Crippen LogP contribution in [-0.2, 0) is 0 Å². The smallest absolute Gasteiger partial charge is 1.00 e. The molecule has 0 saturated heterocycles. The molecular weight excluding hydrogens is 173 g/mol. The standard InChI is InChI=1S/C6H6BClO2.Na.H/c8-6-3-1-5(2-4-6)7(9)10;;/h1-4,9-10H;;/q;+1;-1. The fourth-order valence-electron chi connectivity index (χ4n) is 0.635. The summed E-state index contributed by atoms with van der Waals surface area (Å²) in [6.07, 6.45) is 0. The van der Waals surface area contributed by atoms with E-state index in [0.717, 1.165) is 0 Å². The molecule has 0 bridgehead atoms. The molecule has 0 heterocycles. The van der Waals surface area contributed by atoms with E-state index in [0.29, 0.717) is 10.5 Å². The predicted molar refractivity (Wildman–Crippen MR) is 42.4 cm³/mol. The summed E-state index contributed by atoms with van der Waals surface area (Å²) in [5.41, 5.74) is 0.449. The summed E-state index contributed by atoms with van der Waals surface area (Å²) >= 11 is 5.55.